The Kier molecular flexibility index (Phi) is 2.26. The highest BCUT2D eigenvalue weighted by atomic mass is 16.5. The van der Waals surface area contributed by atoms with Gasteiger partial charge in [-0.1, -0.05) is 12.1 Å². The lowest BCUT2D eigenvalue weighted by Gasteiger charge is -2.02. The number of fused-ring (bicyclic) bond motifs is 1. The minimum absolute atomic E-state index is 0.641. The van der Waals surface area contributed by atoms with E-state index in [1.807, 2.05) is 25.1 Å². The van der Waals surface area contributed by atoms with Gasteiger partial charge in [-0.3, -0.25) is 5.10 Å². The summed E-state index contributed by atoms with van der Waals surface area (Å²) in [6.45, 7) is 2.01. The molecule has 0 atom stereocenters. The molecule has 0 spiro atoms. The van der Waals surface area contributed by atoms with E-state index in [0.717, 1.165) is 33.6 Å². The van der Waals surface area contributed by atoms with Crippen molar-refractivity contribution in [3.63, 3.8) is 0 Å². The van der Waals surface area contributed by atoms with Crippen molar-refractivity contribution in [2.24, 2.45) is 0 Å². The molecule has 0 aliphatic carbocycles. The van der Waals surface area contributed by atoms with Gasteiger partial charge in [0.25, 0.3) is 0 Å². The summed E-state index contributed by atoms with van der Waals surface area (Å²) >= 11 is 0. The molecule has 0 saturated carbocycles. The van der Waals surface area contributed by atoms with Gasteiger partial charge in [0.15, 0.2) is 0 Å². The number of ether oxygens (including phenoxy) is 1. The number of nitrogens with zero attached hydrogens (tertiary/aromatic N) is 1. The van der Waals surface area contributed by atoms with Gasteiger partial charge in [0.1, 0.15) is 5.75 Å². The average Bonchev–Trinajstić information content (AvgIpc) is 2.91. The van der Waals surface area contributed by atoms with Crippen LogP contribution in [0.2, 0.25) is 0 Å². The topological polar surface area (TPSA) is 79.7 Å². The highest BCUT2D eigenvalue weighted by Crippen LogP contribution is 2.37. The van der Waals surface area contributed by atoms with Crippen LogP contribution in [0.4, 0.5) is 5.69 Å². The van der Waals surface area contributed by atoms with Gasteiger partial charge in [-0.15, -0.1) is 0 Å². The first-order chi connectivity index (χ1) is 8.72. The zero-order chi connectivity index (χ0) is 12.7. The quantitative estimate of drug-likeness (QED) is 0.645. The van der Waals surface area contributed by atoms with Gasteiger partial charge in [0, 0.05) is 16.6 Å². The Balaban J connectivity index is 2.37. The van der Waals surface area contributed by atoms with Crippen LogP contribution in [-0.2, 0) is 0 Å². The third kappa shape index (κ3) is 1.37. The predicted molar refractivity (Wildman–Crippen MR) is 71.6 cm³/mol. The largest absolute Gasteiger partial charge is 0.495 e. The van der Waals surface area contributed by atoms with E-state index < -0.39 is 0 Å². The molecular weight excluding hydrogens is 228 g/mol. The molecule has 2 heterocycles. The lowest BCUT2D eigenvalue weighted by Crippen LogP contribution is -1.87. The fourth-order valence-corrected chi connectivity index (χ4v) is 2.31. The molecule has 5 nitrogen and oxygen atoms in total. The number of anilines is 1. The van der Waals surface area contributed by atoms with Crippen molar-refractivity contribution < 1.29 is 4.74 Å². The van der Waals surface area contributed by atoms with Gasteiger partial charge in [-0.25, -0.2) is 0 Å². The number of rotatable bonds is 2. The van der Waals surface area contributed by atoms with E-state index in [-0.39, 0.29) is 0 Å². The predicted octanol–water partition coefficient (Wildman–Crippen LogP) is 2.46. The minimum Gasteiger partial charge on any atom is -0.495 e. The highest BCUT2D eigenvalue weighted by molar-refractivity contribution is 6.01. The maximum Gasteiger partial charge on any atom is 0.142 e. The molecule has 4 N–H and O–H groups in total. The van der Waals surface area contributed by atoms with Crippen LogP contribution in [0.5, 0.6) is 5.75 Å². The van der Waals surface area contributed by atoms with Gasteiger partial charge in [0.2, 0.25) is 0 Å². The Hall–Kier alpha value is -2.43. The maximum absolute atomic E-state index is 5.92. The summed E-state index contributed by atoms with van der Waals surface area (Å²) < 4.78 is 5.36. The molecule has 2 aromatic heterocycles. The van der Waals surface area contributed by atoms with Crippen LogP contribution in [-0.4, -0.2) is 22.3 Å². The number of nitrogens with two attached hydrogens (primary N) is 1. The van der Waals surface area contributed by atoms with Gasteiger partial charge in [-0.05, 0) is 13.0 Å². The summed E-state index contributed by atoms with van der Waals surface area (Å²) in [5.41, 5.74) is 10.5. The summed E-state index contributed by atoms with van der Waals surface area (Å²) in [5, 5.41) is 7.99. The summed E-state index contributed by atoms with van der Waals surface area (Å²) in [6.07, 6.45) is 1.62. The Labute approximate surface area is 104 Å². The summed E-state index contributed by atoms with van der Waals surface area (Å²) in [4.78, 5) is 3.33. The van der Waals surface area contributed by atoms with Crippen LogP contribution in [0, 0.1) is 6.92 Å². The minimum atomic E-state index is 0.641. The molecule has 0 radical (unpaired) electrons. The summed E-state index contributed by atoms with van der Waals surface area (Å²) in [6, 6.07) is 5.93. The Morgan fingerprint density at radius 1 is 1.33 bits per heavy atom. The molecular formula is C13H14N4O. The highest BCUT2D eigenvalue weighted by Gasteiger charge is 2.16. The molecule has 0 saturated heterocycles. The third-order valence-corrected chi connectivity index (χ3v) is 3.12. The number of methoxy groups -OCH3 is 1. The molecule has 0 bridgehead atoms. The smallest absolute Gasteiger partial charge is 0.142 e. The second kappa shape index (κ2) is 3.80. The van der Waals surface area contributed by atoms with Crippen LogP contribution in [0.15, 0.2) is 24.4 Å². The van der Waals surface area contributed by atoms with Crippen molar-refractivity contribution in [1.82, 2.24) is 15.2 Å². The maximum atomic E-state index is 5.92. The first-order valence-corrected chi connectivity index (χ1v) is 5.67. The zero-order valence-electron chi connectivity index (χ0n) is 10.2. The number of aromatic amines is 2. The third-order valence-electron chi connectivity index (χ3n) is 3.12. The van der Waals surface area contributed by atoms with Crippen molar-refractivity contribution in [3.05, 3.63) is 30.1 Å². The molecule has 1 aromatic carbocycles. The van der Waals surface area contributed by atoms with Crippen LogP contribution in [0.3, 0.4) is 0 Å². The fraction of sp³-hybridized carbons (Fsp3) is 0.154. The standard InChI is InChI=1S/C13H14N4O/c1-7-11(13-9(14)6-15-17-13)8-4-3-5-10(18-2)12(8)16-7/h3-6,16H,14H2,1-2H3,(H,15,17). The van der Waals surface area contributed by atoms with E-state index >= 15 is 0 Å². The van der Waals surface area contributed by atoms with Crippen LogP contribution in [0.1, 0.15) is 5.69 Å². The molecule has 0 unspecified atom stereocenters. The van der Waals surface area contributed by atoms with Crippen molar-refractivity contribution in [1.29, 1.82) is 0 Å². The molecule has 92 valence electrons. The lowest BCUT2D eigenvalue weighted by atomic mass is 10.1. The number of aromatic nitrogens is 3. The zero-order valence-corrected chi connectivity index (χ0v) is 10.2. The summed E-state index contributed by atoms with van der Waals surface area (Å²) in [7, 11) is 1.66. The van der Waals surface area contributed by atoms with Crippen LogP contribution < -0.4 is 10.5 Å². The molecule has 0 aliphatic heterocycles. The molecule has 0 amide bonds. The number of H-pyrrole nitrogens is 2. The number of nitrogens with one attached hydrogen (secondary N) is 2. The van der Waals surface area contributed by atoms with E-state index in [4.69, 9.17) is 10.5 Å². The van der Waals surface area contributed by atoms with Crippen LogP contribution in [0.25, 0.3) is 22.2 Å². The molecule has 0 aliphatic rings. The second-order valence-electron chi connectivity index (χ2n) is 4.21. The normalized spacial score (nSPS) is 11.0. The van der Waals surface area contributed by atoms with E-state index in [1.54, 1.807) is 13.3 Å². The number of benzene rings is 1. The molecule has 18 heavy (non-hydrogen) atoms. The number of hydrogen-bond acceptors (Lipinski definition) is 3. The summed E-state index contributed by atoms with van der Waals surface area (Å²) in [5.74, 6) is 0.819. The van der Waals surface area contributed by atoms with Crippen molar-refractivity contribution >= 4 is 16.6 Å². The Morgan fingerprint density at radius 3 is 2.83 bits per heavy atom. The Morgan fingerprint density at radius 2 is 2.17 bits per heavy atom. The van der Waals surface area contributed by atoms with E-state index in [2.05, 4.69) is 15.2 Å². The first kappa shape index (κ1) is 10.7. The number of hydrogen-bond donors (Lipinski definition) is 3. The monoisotopic (exact) mass is 242 g/mol. The van der Waals surface area contributed by atoms with Crippen LogP contribution >= 0.6 is 0 Å². The van der Waals surface area contributed by atoms with Gasteiger partial charge in [-0.2, -0.15) is 5.10 Å². The number of nitrogen functional groups attached to an aromatic ring is 1. The van der Waals surface area contributed by atoms with E-state index in [1.165, 1.54) is 0 Å². The van der Waals surface area contributed by atoms with E-state index in [9.17, 15) is 0 Å². The Bertz CT molecular complexity index is 711. The lowest BCUT2D eigenvalue weighted by molar-refractivity contribution is 0.419. The van der Waals surface area contributed by atoms with Crippen molar-refractivity contribution in [2.45, 2.75) is 6.92 Å². The van der Waals surface area contributed by atoms with Gasteiger partial charge in [0.05, 0.1) is 30.2 Å². The number of aryl methyl sites for hydroxylation is 1. The SMILES string of the molecule is COc1cccc2c(-c3[nH]ncc3N)c(C)[nH]c12. The van der Waals surface area contributed by atoms with Crippen molar-refractivity contribution in [2.75, 3.05) is 12.8 Å². The van der Waals surface area contributed by atoms with Gasteiger partial charge < -0.3 is 15.5 Å². The molecule has 3 aromatic rings. The second-order valence-corrected chi connectivity index (χ2v) is 4.21. The van der Waals surface area contributed by atoms with Gasteiger partial charge >= 0.3 is 0 Å². The fourth-order valence-electron chi connectivity index (χ4n) is 2.31. The van der Waals surface area contributed by atoms with Crippen molar-refractivity contribution in [3.8, 4) is 17.0 Å². The average molecular weight is 242 g/mol. The van der Waals surface area contributed by atoms with E-state index in [0.29, 0.717) is 5.69 Å². The number of para-hydroxylation sites is 1. The molecule has 0 fully saturated rings. The molecule has 3 rings (SSSR count). The first-order valence-electron chi connectivity index (χ1n) is 5.67. The molecule has 5 heteroatoms.